The molecule has 2 aromatic carbocycles. The van der Waals surface area contributed by atoms with Crippen molar-refractivity contribution in [2.45, 2.75) is 66.2 Å². The summed E-state index contributed by atoms with van der Waals surface area (Å²) < 4.78 is 12.9. The lowest BCUT2D eigenvalue weighted by molar-refractivity contribution is 0.434. The smallest absolute Gasteiger partial charge is 0.614 e. The quantitative estimate of drug-likeness (QED) is 0.516. The number of rotatable bonds is 0. The molecular weight excluding hydrogens is 399 g/mol. The van der Waals surface area contributed by atoms with Gasteiger partial charge in [0.25, 0.3) is 0 Å². The van der Waals surface area contributed by atoms with E-state index >= 15 is 0 Å². The lowest BCUT2D eigenvalue weighted by atomic mass is 9.84. The summed E-state index contributed by atoms with van der Waals surface area (Å²) in [5, 5.41) is 0. The normalized spacial score (nSPS) is 14.7. The summed E-state index contributed by atoms with van der Waals surface area (Å²) >= 11 is -1.35. The average molecular weight is 435 g/mol. The molecule has 1 heterocycles. The van der Waals surface area contributed by atoms with Crippen molar-refractivity contribution < 1.29 is 7.58 Å². The van der Waals surface area contributed by atoms with Crippen LogP contribution in [0.5, 0.6) is 11.5 Å². The largest absolute Gasteiger partial charge is 0.832 e. The summed E-state index contributed by atoms with van der Waals surface area (Å²) in [6, 6.07) is 8.73. The van der Waals surface area contributed by atoms with E-state index < -0.39 is 15.9 Å². The molecule has 1 aliphatic rings. The van der Waals surface area contributed by atoms with Crippen molar-refractivity contribution in [1.29, 1.82) is 0 Å². The van der Waals surface area contributed by atoms with E-state index in [1.54, 1.807) is 0 Å². The van der Waals surface area contributed by atoms with Gasteiger partial charge in [-0.25, -0.2) is 0 Å². The molecule has 0 unspecified atom stereocenters. The van der Waals surface area contributed by atoms with Gasteiger partial charge in [0.05, 0.1) is 24.6 Å². The van der Waals surface area contributed by atoms with E-state index in [0.717, 1.165) is 22.6 Å². The molecule has 0 spiro atoms. The first-order chi connectivity index (χ1) is 14.5. The summed E-state index contributed by atoms with van der Waals surface area (Å²) in [5.41, 5.74) is 6.75. The van der Waals surface area contributed by atoms with Gasteiger partial charge in [0.1, 0.15) is 0 Å². The predicted molar refractivity (Wildman–Crippen MR) is 133 cm³/mol. The van der Waals surface area contributed by atoms with Gasteiger partial charge < -0.3 is 7.58 Å². The summed E-state index contributed by atoms with van der Waals surface area (Å²) in [5.74, 6) is 1.80. The minimum atomic E-state index is -1.35. The second kappa shape index (κ2) is 9.19. The van der Waals surface area contributed by atoms with Crippen LogP contribution < -0.4 is 7.58 Å². The highest BCUT2D eigenvalue weighted by molar-refractivity contribution is 6.21. The van der Waals surface area contributed by atoms with Crippen molar-refractivity contribution in [3.8, 4) is 11.5 Å². The third kappa shape index (κ3) is 5.79. The Morgan fingerprint density at radius 2 is 1.06 bits per heavy atom. The molecule has 0 saturated heterocycles. The predicted octanol–water partition coefficient (Wildman–Crippen LogP) is 5.47. The van der Waals surface area contributed by atoms with Crippen LogP contribution in [0.3, 0.4) is 0 Å². The third-order valence-electron chi connectivity index (χ3n) is 5.37. The van der Waals surface area contributed by atoms with Gasteiger partial charge in [-0.05, 0) is 59.1 Å². The molecule has 3 rings (SSSR count). The van der Waals surface area contributed by atoms with E-state index in [1.165, 1.54) is 22.3 Å². The molecule has 0 aromatic heterocycles. The maximum Gasteiger partial charge on any atom is 0.832 e. The molecule has 0 aliphatic carbocycles. The average Bonchev–Trinajstić information content (AvgIpc) is 2.66. The molecule has 0 radical (unpaired) electrons. The van der Waals surface area contributed by atoms with Gasteiger partial charge in [0.2, 0.25) is 0 Å². The lowest BCUT2D eigenvalue weighted by Gasteiger charge is -2.27. The Bertz CT molecular complexity index is 930. The number of hydrogen-bond donors (Lipinski definition) is 0. The van der Waals surface area contributed by atoms with Crippen LogP contribution in [0.2, 0.25) is 0 Å². The molecule has 164 valence electrons. The van der Waals surface area contributed by atoms with Crippen molar-refractivity contribution in [3.05, 3.63) is 57.6 Å². The molecule has 31 heavy (non-hydrogen) atoms. The summed E-state index contributed by atoms with van der Waals surface area (Å²) in [6.45, 7) is 18.8. The van der Waals surface area contributed by atoms with E-state index in [0.29, 0.717) is 13.1 Å². The van der Waals surface area contributed by atoms with E-state index in [4.69, 9.17) is 7.58 Å². The zero-order chi connectivity index (χ0) is 22.8. The van der Waals surface area contributed by atoms with Crippen molar-refractivity contribution in [2.75, 3.05) is 13.1 Å². The molecule has 0 atom stereocenters. The number of nitrogens with zero attached hydrogens (tertiary/aromatic N) is 2. The summed E-state index contributed by atoms with van der Waals surface area (Å²) in [4.78, 5) is 9.25. The van der Waals surface area contributed by atoms with Crippen molar-refractivity contribution in [3.63, 3.8) is 0 Å². The van der Waals surface area contributed by atoms with Crippen LogP contribution in [0.15, 0.2) is 34.3 Å². The van der Waals surface area contributed by atoms with Gasteiger partial charge in [-0.2, -0.15) is 0 Å². The maximum absolute atomic E-state index is 6.45. The first kappa shape index (κ1) is 23.6. The van der Waals surface area contributed by atoms with Gasteiger partial charge >= 0.3 is 15.9 Å². The molecule has 5 heteroatoms. The highest BCUT2D eigenvalue weighted by Crippen LogP contribution is 2.37. The van der Waals surface area contributed by atoms with Crippen molar-refractivity contribution >= 4 is 28.3 Å². The van der Waals surface area contributed by atoms with Crippen LogP contribution in [-0.4, -0.2) is 41.4 Å². The van der Waals surface area contributed by atoms with Gasteiger partial charge in [0.15, 0.2) is 0 Å². The Kier molecular flexibility index (Phi) is 6.99. The maximum atomic E-state index is 6.45. The standard InChI is InChI=1S/C26H36N2O2.Al.H/c1-17-11-19(23(29)21(13-17)25(3,4)5)15-27-9-10-28-16-20-12-18(2)14-22(24(20)30)26(6,7)8;;/h11-16,29-30H,9-10H2,1-8H3;;/q;+2;/p-2. The fourth-order valence-electron chi connectivity index (χ4n) is 3.82. The number of aliphatic imine (C=N–C) groups is 2. The van der Waals surface area contributed by atoms with E-state index in [-0.39, 0.29) is 10.8 Å². The summed E-state index contributed by atoms with van der Waals surface area (Å²) in [6.07, 6.45) is 3.86. The molecule has 4 nitrogen and oxygen atoms in total. The summed E-state index contributed by atoms with van der Waals surface area (Å²) in [7, 11) is 0. The molecular formula is C26H35AlN2O2. The Balaban J connectivity index is 2.10. The van der Waals surface area contributed by atoms with Crippen LogP contribution in [0.1, 0.15) is 74.9 Å². The second-order valence-corrected chi connectivity index (χ2v) is 11.3. The first-order valence-electron chi connectivity index (χ1n) is 11.0. The highest BCUT2D eigenvalue weighted by Gasteiger charge is 2.25. The molecule has 0 saturated carbocycles. The lowest BCUT2D eigenvalue weighted by Crippen LogP contribution is -2.21. The zero-order valence-corrected chi connectivity index (χ0v) is 21.7. The highest BCUT2D eigenvalue weighted by atomic mass is 27.2. The van der Waals surface area contributed by atoms with Gasteiger partial charge in [-0.15, -0.1) is 0 Å². The number of benzene rings is 2. The van der Waals surface area contributed by atoms with Crippen molar-refractivity contribution in [2.24, 2.45) is 9.98 Å². The zero-order valence-electron chi connectivity index (χ0n) is 20.3. The van der Waals surface area contributed by atoms with Crippen molar-refractivity contribution in [1.82, 2.24) is 0 Å². The van der Waals surface area contributed by atoms with Crippen LogP contribution in [0, 0.1) is 13.8 Å². The number of fused-ring (bicyclic) bond motifs is 2. The van der Waals surface area contributed by atoms with Crippen LogP contribution in [0.25, 0.3) is 0 Å². The molecule has 1 aliphatic heterocycles. The minimum absolute atomic E-state index is 0.0407. The van der Waals surface area contributed by atoms with E-state index in [1.807, 2.05) is 12.4 Å². The molecule has 0 N–H and O–H groups in total. The van der Waals surface area contributed by atoms with Crippen LogP contribution in [-0.2, 0) is 10.8 Å². The Hall–Kier alpha value is -2.09. The molecule has 0 bridgehead atoms. The Morgan fingerprint density at radius 3 is 1.42 bits per heavy atom. The second-order valence-electron chi connectivity index (χ2n) is 10.4. The fraction of sp³-hybridized carbons (Fsp3) is 0.462. The molecule has 0 amide bonds. The number of hydrogen-bond acceptors (Lipinski definition) is 4. The molecule has 2 aromatic rings. The molecule has 0 fully saturated rings. The topological polar surface area (TPSA) is 43.2 Å². The Labute approximate surface area is 194 Å². The monoisotopic (exact) mass is 434 g/mol. The van der Waals surface area contributed by atoms with Gasteiger partial charge in [-0.1, -0.05) is 53.7 Å². The fourth-order valence-corrected chi connectivity index (χ4v) is 4.76. The third-order valence-corrected chi connectivity index (χ3v) is 6.18. The minimum Gasteiger partial charge on any atom is -0.614 e. The van der Waals surface area contributed by atoms with Crippen LogP contribution in [0.4, 0.5) is 0 Å². The van der Waals surface area contributed by atoms with Gasteiger partial charge in [-0.3, -0.25) is 9.98 Å². The van der Waals surface area contributed by atoms with E-state index in [2.05, 4.69) is 89.6 Å². The van der Waals surface area contributed by atoms with E-state index in [9.17, 15) is 0 Å². The SMILES string of the molecule is Cc1cc2c(c(C(C)(C)C)c1)[O][AlH][O]c1c(cc(C)cc1C(C)(C)C)C=NCCN=C2. The van der Waals surface area contributed by atoms with Gasteiger partial charge in [0, 0.05) is 23.6 Å². The Morgan fingerprint density at radius 1 is 0.677 bits per heavy atom. The first-order valence-corrected chi connectivity index (χ1v) is 12.2. The number of aryl methyl sites for hydroxylation is 2. The van der Waals surface area contributed by atoms with Crippen LogP contribution >= 0.6 is 0 Å².